The molecule has 0 bridgehead atoms. The van der Waals surface area contributed by atoms with Gasteiger partial charge in [-0.1, -0.05) is 42.0 Å². The molecule has 0 saturated carbocycles. The number of nitrogens with zero attached hydrogens (tertiary/aromatic N) is 3. The summed E-state index contributed by atoms with van der Waals surface area (Å²) in [5, 5.41) is 3.09. The molecule has 0 aliphatic rings. The van der Waals surface area contributed by atoms with E-state index >= 15 is 0 Å². The number of H-pyrrole nitrogens is 1. The summed E-state index contributed by atoms with van der Waals surface area (Å²) in [5.74, 6) is 0. The minimum absolute atomic E-state index is 0.187. The Kier molecular flexibility index (Phi) is 4.83. The van der Waals surface area contributed by atoms with E-state index in [4.69, 9.17) is 4.98 Å². The first-order chi connectivity index (χ1) is 14.2. The number of nitrogens with one attached hydrogen (secondary N) is 1. The Bertz CT molecular complexity index is 1420. The summed E-state index contributed by atoms with van der Waals surface area (Å²) in [6, 6.07) is 15.9. The summed E-state index contributed by atoms with van der Waals surface area (Å²) >= 11 is 0. The molecule has 1 N–H and O–H groups in total. The Hall–Kier alpha value is -3.23. The number of benzene rings is 2. The molecule has 30 heavy (non-hydrogen) atoms. The van der Waals surface area contributed by atoms with Gasteiger partial charge in [0, 0.05) is 37.0 Å². The SMILES string of the molecule is Cc1cccc(-c2c(C)[nH]n3c(=O)cc(-c4ccc(S(=O)(=O)N(C)C)cc4)nc23)c1. The van der Waals surface area contributed by atoms with Gasteiger partial charge < -0.3 is 0 Å². The van der Waals surface area contributed by atoms with Gasteiger partial charge in [0.25, 0.3) is 5.56 Å². The number of sulfonamides is 1. The predicted octanol–water partition coefficient (Wildman–Crippen LogP) is 3.22. The topological polar surface area (TPSA) is 87.5 Å². The van der Waals surface area contributed by atoms with Crippen LogP contribution in [-0.2, 0) is 10.0 Å². The van der Waals surface area contributed by atoms with Crippen LogP contribution in [0.25, 0.3) is 28.0 Å². The van der Waals surface area contributed by atoms with Crippen LogP contribution in [0.1, 0.15) is 11.3 Å². The molecule has 7 nitrogen and oxygen atoms in total. The van der Waals surface area contributed by atoms with E-state index in [9.17, 15) is 13.2 Å². The number of aromatic nitrogens is 3. The van der Waals surface area contributed by atoms with Gasteiger partial charge in [-0.15, -0.1) is 0 Å². The summed E-state index contributed by atoms with van der Waals surface area (Å²) in [4.78, 5) is 17.7. The monoisotopic (exact) mass is 422 g/mol. The van der Waals surface area contributed by atoms with Crippen molar-refractivity contribution in [2.24, 2.45) is 0 Å². The first-order valence-corrected chi connectivity index (χ1v) is 10.8. The Morgan fingerprint density at radius 3 is 2.30 bits per heavy atom. The average molecular weight is 423 g/mol. The van der Waals surface area contributed by atoms with Crippen LogP contribution in [0.5, 0.6) is 0 Å². The van der Waals surface area contributed by atoms with Gasteiger partial charge in [-0.3, -0.25) is 9.89 Å². The Labute approximate surface area is 174 Å². The number of fused-ring (bicyclic) bond motifs is 1. The number of rotatable bonds is 4. The van der Waals surface area contributed by atoms with Crippen LogP contribution in [0.4, 0.5) is 0 Å². The fourth-order valence-corrected chi connectivity index (χ4v) is 4.35. The lowest BCUT2D eigenvalue weighted by Gasteiger charge is -2.11. The van der Waals surface area contributed by atoms with Gasteiger partial charge in [-0.2, -0.15) is 0 Å². The maximum Gasteiger partial charge on any atom is 0.273 e. The second-order valence-electron chi connectivity index (χ2n) is 7.43. The summed E-state index contributed by atoms with van der Waals surface area (Å²) < 4.78 is 27.2. The molecule has 154 valence electrons. The van der Waals surface area contributed by atoms with Crippen LogP contribution >= 0.6 is 0 Å². The van der Waals surface area contributed by atoms with E-state index in [0.29, 0.717) is 16.9 Å². The van der Waals surface area contributed by atoms with E-state index in [1.807, 2.05) is 32.0 Å². The van der Waals surface area contributed by atoms with E-state index in [2.05, 4.69) is 11.2 Å². The second-order valence-corrected chi connectivity index (χ2v) is 9.58. The van der Waals surface area contributed by atoms with Gasteiger partial charge in [-0.25, -0.2) is 22.2 Å². The Balaban J connectivity index is 1.88. The standard InChI is InChI=1S/C22H22N4O3S/c1-14-6-5-7-17(12-14)21-15(2)24-26-20(27)13-19(23-22(21)26)16-8-10-18(11-9-16)30(28,29)25(3)4/h5-13,24H,1-4H3. The zero-order valence-electron chi connectivity index (χ0n) is 17.2. The van der Waals surface area contributed by atoms with Gasteiger partial charge in [0.05, 0.1) is 10.6 Å². The van der Waals surface area contributed by atoms with E-state index < -0.39 is 10.0 Å². The quantitative estimate of drug-likeness (QED) is 0.547. The van der Waals surface area contributed by atoms with Gasteiger partial charge in [-0.05, 0) is 31.5 Å². The minimum Gasteiger partial charge on any atom is -0.293 e. The van der Waals surface area contributed by atoms with Crippen LogP contribution in [0, 0.1) is 13.8 Å². The molecule has 0 aliphatic heterocycles. The molecule has 2 aromatic heterocycles. The molecule has 0 fully saturated rings. The molecule has 0 spiro atoms. The third-order valence-corrected chi connectivity index (χ3v) is 6.86. The highest BCUT2D eigenvalue weighted by Crippen LogP contribution is 2.29. The summed E-state index contributed by atoms with van der Waals surface area (Å²) in [5.41, 5.74) is 5.25. The smallest absolute Gasteiger partial charge is 0.273 e. The molecule has 0 atom stereocenters. The van der Waals surface area contributed by atoms with Crippen LogP contribution in [0.15, 0.2) is 64.3 Å². The molecule has 0 aliphatic carbocycles. The van der Waals surface area contributed by atoms with Crippen molar-refractivity contribution in [2.75, 3.05) is 14.1 Å². The van der Waals surface area contributed by atoms with Crippen molar-refractivity contribution in [1.29, 1.82) is 0 Å². The van der Waals surface area contributed by atoms with Crippen molar-refractivity contribution in [2.45, 2.75) is 18.7 Å². The van der Waals surface area contributed by atoms with E-state index in [1.54, 1.807) is 12.1 Å². The summed E-state index contributed by atoms with van der Waals surface area (Å²) in [7, 11) is -0.546. The highest BCUT2D eigenvalue weighted by atomic mass is 32.2. The van der Waals surface area contributed by atoms with Crippen molar-refractivity contribution in [3.63, 3.8) is 0 Å². The molecule has 0 saturated heterocycles. The van der Waals surface area contributed by atoms with Crippen LogP contribution in [-0.4, -0.2) is 41.4 Å². The molecular weight excluding hydrogens is 400 g/mol. The highest BCUT2D eigenvalue weighted by molar-refractivity contribution is 7.89. The van der Waals surface area contributed by atoms with E-state index in [0.717, 1.165) is 26.7 Å². The summed E-state index contributed by atoms with van der Waals surface area (Å²) in [6.45, 7) is 3.93. The molecule has 4 rings (SSSR count). The molecular formula is C22H22N4O3S. The van der Waals surface area contributed by atoms with Crippen LogP contribution in [0.2, 0.25) is 0 Å². The van der Waals surface area contributed by atoms with Crippen molar-refractivity contribution in [3.8, 4) is 22.4 Å². The fraction of sp³-hybridized carbons (Fsp3) is 0.182. The van der Waals surface area contributed by atoms with Crippen molar-refractivity contribution in [1.82, 2.24) is 18.9 Å². The van der Waals surface area contributed by atoms with Gasteiger partial charge in [0.1, 0.15) is 0 Å². The minimum atomic E-state index is -3.52. The van der Waals surface area contributed by atoms with E-state index in [-0.39, 0.29) is 10.5 Å². The third-order valence-electron chi connectivity index (χ3n) is 5.03. The van der Waals surface area contributed by atoms with Crippen LogP contribution in [0.3, 0.4) is 0 Å². The highest BCUT2D eigenvalue weighted by Gasteiger charge is 2.18. The average Bonchev–Trinajstić information content (AvgIpc) is 3.04. The van der Waals surface area contributed by atoms with Gasteiger partial charge >= 0.3 is 0 Å². The Morgan fingerprint density at radius 1 is 0.967 bits per heavy atom. The molecule has 0 amide bonds. The maximum absolute atomic E-state index is 12.7. The second kappa shape index (κ2) is 7.23. The first-order valence-electron chi connectivity index (χ1n) is 9.41. The number of aromatic amines is 1. The lowest BCUT2D eigenvalue weighted by Crippen LogP contribution is -2.22. The van der Waals surface area contributed by atoms with E-state index in [1.165, 1.54) is 36.8 Å². The third kappa shape index (κ3) is 3.34. The fourth-order valence-electron chi connectivity index (χ4n) is 3.45. The number of hydrogen-bond acceptors (Lipinski definition) is 4. The normalized spacial score (nSPS) is 12.0. The molecule has 4 aromatic rings. The summed E-state index contributed by atoms with van der Waals surface area (Å²) in [6.07, 6.45) is 0. The zero-order chi connectivity index (χ0) is 21.6. The molecule has 8 heteroatoms. The largest absolute Gasteiger partial charge is 0.293 e. The van der Waals surface area contributed by atoms with Crippen LogP contribution < -0.4 is 5.56 Å². The van der Waals surface area contributed by atoms with Gasteiger partial charge in [0.2, 0.25) is 10.0 Å². The lowest BCUT2D eigenvalue weighted by atomic mass is 10.0. The molecule has 2 aromatic carbocycles. The van der Waals surface area contributed by atoms with Crippen molar-refractivity contribution >= 4 is 15.7 Å². The predicted molar refractivity (Wildman–Crippen MR) is 117 cm³/mol. The Morgan fingerprint density at radius 2 is 1.67 bits per heavy atom. The lowest BCUT2D eigenvalue weighted by molar-refractivity contribution is 0.521. The maximum atomic E-state index is 12.7. The van der Waals surface area contributed by atoms with Gasteiger partial charge in [0.15, 0.2) is 5.65 Å². The van der Waals surface area contributed by atoms with Crippen molar-refractivity contribution in [3.05, 3.63) is 76.2 Å². The first kappa shape index (κ1) is 20.1. The number of aryl methyl sites for hydroxylation is 2. The zero-order valence-corrected chi connectivity index (χ0v) is 18.0. The molecule has 0 radical (unpaired) electrons. The molecule has 0 unspecified atom stereocenters. The molecule has 2 heterocycles. The van der Waals surface area contributed by atoms with Crippen molar-refractivity contribution < 1.29 is 8.42 Å². The number of hydrogen-bond donors (Lipinski definition) is 1.